The number of carbonyl (C=O) groups is 1. The molecule has 3 heterocycles. The predicted octanol–water partition coefficient (Wildman–Crippen LogP) is 4.79. The first kappa shape index (κ1) is 34.6. The zero-order chi connectivity index (χ0) is 36.1. The van der Waals surface area contributed by atoms with Gasteiger partial charge in [-0.15, -0.1) is 0 Å². The van der Waals surface area contributed by atoms with Crippen LogP contribution in [0, 0.1) is 11.3 Å². The number of fused-ring (bicyclic) bond motifs is 3. The van der Waals surface area contributed by atoms with Crippen LogP contribution in [0.25, 0.3) is 0 Å². The average molecular weight is 719 g/mol. The number of halogens is 2. The number of anilines is 2. The molecule has 0 bridgehead atoms. The number of aliphatic hydroxyl groups is 1. The maximum Gasteiger partial charge on any atom is 0.298 e. The van der Waals surface area contributed by atoms with Gasteiger partial charge in [-0.05, 0) is 43.5 Å². The van der Waals surface area contributed by atoms with Crippen molar-refractivity contribution < 1.29 is 36.6 Å². The number of sulfonamides is 1. The fourth-order valence-corrected chi connectivity index (χ4v) is 9.03. The molecule has 266 valence electrons. The molecule has 51 heavy (non-hydrogen) atoms. The lowest BCUT2D eigenvalue weighted by molar-refractivity contribution is 0.0428. The summed E-state index contributed by atoms with van der Waals surface area (Å²) in [6.45, 7) is 0.120. The Bertz CT molecular complexity index is 2100. The second-order valence-electron chi connectivity index (χ2n) is 13.1. The summed E-state index contributed by atoms with van der Waals surface area (Å²) in [5.74, 6) is -3.71. The van der Waals surface area contributed by atoms with Gasteiger partial charge in [-0.25, -0.2) is 8.42 Å². The molecule has 1 saturated carbocycles. The Kier molecular flexibility index (Phi) is 8.83. The fraction of sp³-hybridized carbons (Fsp3) is 0.361. The van der Waals surface area contributed by atoms with E-state index >= 15 is 8.78 Å². The standard InChI is InChI=1S/C36H36F2N6O6S/c1-49-31-13-8-23(18-24(31)19-39)33(45)41-28-20-40-44-29-14-17-42(51(47,48)22-35(50-2)15-16-35)21-30(29)43(34(46)32(28)44)27-11-9-26(10-12-27)36(37,38)25-6-4-3-5-7-25/h3-13,18,20,29-30,33,41,45H,14-17,21-22H2,1-2H3/t29-,30+,33?/m1/s1. The molecule has 1 aromatic heterocycles. The van der Waals surface area contributed by atoms with Crippen LogP contribution in [0.1, 0.15) is 64.3 Å². The number of hydrogen-bond acceptors (Lipinski definition) is 9. The van der Waals surface area contributed by atoms with Gasteiger partial charge in [0.2, 0.25) is 10.0 Å². The molecule has 1 aliphatic carbocycles. The molecule has 3 aliphatic rings. The molecular weight excluding hydrogens is 682 g/mol. The van der Waals surface area contributed by atoms with Crippen LogP contribution in [-0.2, 0) is 20.7 Å². The zero-order valence-corrected chi connectivity index (χ0v) is 28.7. The Morgan fingerprint density at radius 2 is 1.78 bits per heavy atom. The summed E-state index contributed by atoms with van der Waals surface area (Å²) in [5, 5.41) is 28.1. The Labute approximate surface area is 293 Å². The van der Waals surface area contributed by atoms with Gasteiger partial charge in [0.25, 0.3) is 11.8 Å². The minimum atomic E-state index is -3.79. The van der Waals surface area contributed by atoms with E-state index in [1.807, 2.05) is 6.07 Å². The topological polar surface area (TPSA) is 150 Å². The van der Waals surface area contributed by atoms with Crippen molar-refractivity contribution in [1.82, 2.24) is 14.1 Å². The van der Waals surface area contributed by atoms with Gasteiger partial charge < -0.3 is 24.8 Å². The van der Waals surface area contributed by atoms with Crippen molar-refractivity contribution >= 4 is 27.3 Å². The largest absolute Gasteiger partial charge is 0.495 e. The number of rotatable bonds is 11. The van der Waals surface area contributed by atoms with E-state index in [2.05, 4.69) is 10.4 Å². The molecule has 7 rings (SSSR count). The molecule has 12 nitrogen and oxygen atoms in total. The van der Waals surface area contributed by atoms with Gasteiger partial charge in [0, 0.05) is 42.6 Å². The molecule has 2 N–H and O–H groups in total. The van der Waals surface area contributed by atoms with Crippen LogP contribution in [-0.4, -0.2) is 78.2 Å². The molecule has 1 amide bonds. The summed E-state index contributed by atoms with van der Waals surface area (Å²) in [6.07, 6.45) is 1.64. The van der Waals surface area contributed by atoms with Crippen molar-refractivity contribution in [2.75, 3.05) is 43.3 Å². The number of methoxy groups -OCH3 is 2. The van der Waals surface area contributed by atoms with Gasteiger partial charge in [-0.2, -0.15) is 23.4 Å². The van der Waals surface area contributed by atoms with E-state index in [1.165, 1.54) is 84.2 Å². The van der Waals surface area contributed by atoms with Crippen molar-refractivity contribution in [3.05, 3.63) is 107 Å². The lowest BCUT2D eigenvalue weighted by atomic mass is 9.94. The predicted molar refractivity (Wildman–Crippen MR) is 183 cm³/mol. The number of benzene rings is 3. The number of ether oxygens (including phenoxy) is 2. The van der Waals surface area contributed by atoms with Crippen molar-refractivity contribution in [3.63, 3.8) is 0 Å². The lowest BCUT2D eigenvalue weighted by Gasteiger charge is -2.47. The Balaban J connectivity index is 1.24. The molecular formula is C36H36F2N6O6S. The van der Waals surface area contributed by atoms with E-state index < -0.39 is 45.8 Å². The number of aliphatic hydroxyl groups excluding tert-OH is 1. The number of amides is 1. The number of hydrogen-bond donors (Lipinski definition) is 2. The normalized spacial score (nSPS) is 20.5. The summed E-state index contributed by atoms with van der Waals surface area (Å²) in [7, 11) is -0.856. The van der Waals surface area contributed by atoms with E-state index in [4.69, 9.17) is 9.47 Å². The van der Waals surface area contributed by atoms with E-state index in [9.17, 15) is 23.6 Å². The SMILES string of the molecule is COc1ccc(C(O)Nc2cnn3c2C(=O)N(c2ccc(C(F)(F)c4ccccc4)cc2)[C@H]2CN(S(=O)(=O)CC4(OC)CC4)CC[C@H]23)cc1C#N. The van der Waals surface area contributed by atoms with Crippen molar-refractivity contribution in [2.45, 2.75) is 49.1 Å². The first-order valence-electron chi connectivity index (χ1n) is 16.4. The van der Waals surface area contributed by atoms with Crippen LogP contribution in [0.5, 0.6) is 5.75 Å². The molecule has 3 atom stereocenters. The smallest absolute Gasteiger partial charge is 0.298 e. The van der Waals surface area contributed by atoms with E-state index in [0.29, 0.717) is 36.3 Å². The first-order valence-corrected chi connectivity index (χ1v) is 18.0. The van der Waals surface area contributed by atoms with Gasteiger partial charge in [0.1, 0.15) is 17.5 Å². The molecule has 3 aromatic carbocycles. The molecule has 4 aromatic rings. The highest BCUT2D eigenvalue weighted by Gasteiger charge is 2.51. The van der Waals surface area contributed by atoms with Gasteiger partial charge in [0.15, 0.2) is 6.23 Å². The number of carbonyl (C=O) groups excluding carboxylic acids is 1. The molecule has 2 fully saturated rings. The maximum absolute atomic E-state index is 15.5. The van der Waals surface area contributed by atoms with Gasteiger partial charge in [-0.1, -0.05) is 48.5 Å². The highest BCUT2D eigenvalue weighted by molar-refractivity contribution is 7.89. The molecule has 0 radical (unpaired) electrons. The van der Waals surface area contributed by atoms with Crippen molar-refractivity contribution in [2.24, 2.45) is 0 Å². The summed E-state index contributed by atoms with van der Waals surface area (Å²) in [6, 6.07) is 18.2. The van der Waals surface area contributed by atoms with E-state index in [-0.39, 0.29) is 46.9 Å². The van der Waals surface area contributed by atoms with Gasteiger partial charge in [-0.3, -0.25) is 9.48 Å². The molecule has 0 spiro atoms. The maximum atomic E-state index is 15.5. The third-order valence-corrected chi connectivity index (χ3v) is 12.1. The third-order valence-electron chi connectivity index (χ3n) is 10.0. The summed E-state index contributed by atoms with van der Waals surface area (Å²) in [4.78, 5) is 16.0. The zero-order valence-electron chi connectivity index (χ0n) is 27.9. The average Bonchev–Trinajstić information content (AvgIpc) is 3.79. The summed E-state index contributed by atoms with van der Waals surface area (Å²) in [5.41, 5.74) is -0.0216. The number of nitrogens with one attached hydrogen (secondary N) is 1. The molecule has 1 unspecified atom stereocenters. The number of piperidine rings is 1. The Morgan fingerprint density at radius 3 is 2.43 bits per heavy atom. The van der Waals surface area contributed by atoms with Crippen molar-refractivity contribution in [3.8, 4) is 11.8 Å². The summed E-state index contributed by atoms with van der Waals surface area (Å²) >= 11 is 0. The monoisotopic (exact) mass is 718 g/mol. The van der Waals surface area contributed by atoms with E-state index in [1.54, 1.807) is 22.9 Å². The summed E-state index contributed by atoms with van der Waals surface area (Å²) < 4.78 is 71.9. The minimum Gasteiger partial charge on any atom is -0.495 e. The molecule has 2 aliphatic heterocycles. The van der Waals surface area contributed by atoms with Crippen LogP contribution in [0.3, 0.4) is 0 Å². The Morgan fingerprint density at radius 1 is 1.08 bits per heavy atom. The van der Waals surface area contributed by atoms with Gasteiger partial charge in [0.05, 0.1) is 48.0 Å². The minimum absolute atomic E-state index is 0.0477. The quantitative estimate of drug-likeness (QED) is 0.209. The van der Waals surface area contributed by atoms with Crippen LogP contribution in [0.2, 0.25) is 0 Å². The van der Waals surface area contributed by atoms with Crippen LogP contribution < -0.4 is 15.0 Å². The third kappa shape index (κ3) is 6.22. The van der Waals surface area contributed by atoms with Gasteiger partial charge >= 0.3 is 0 Å². The number of nitriles is 1. The van der Waals surface area contributed by atoms with E-state index in [0.717, 1.165) is 0 Å². The highest BCUT2D eigenvalue weighted by atomic mass is 32.2. The number of alkyl halides is 2. The second kappa shape index (κ2) is 13.0. The second-order valence-corrected chi connectivity index (χ2v) is 15.0. The Hall–Kier alpha value is -4.88. The lowest BCUT2D eigenvalue weighted by Crippen LogP contribution is -2.60. The van der Waals surface area contributed by atoms with Crippen LogP contribution in [0.15, 0.2) is 79.0 Å². The molecule has 15 heteroatoms. The number of aromatic nitrogens is 2. The van der Waals surface area contributed by atoms with Crippen LogP contribution in [0.4, 0.5) is 20.2 Å². The number of nitrogens with zero attached hydrogens (tertiary/aromatic N) is 5. The fourth-order valence-electron chi connectivity index (χ4n) is 7.02. The highest BCUT2D eigenvalue weighted by Crippen LogP contribution is 2.44. The van der Waals surface area contributed by atoms with Crippen molar-refractivity contribution in [1.29, 1.82) is 5.26 Å². The first-order chi connectivity index (χ1) is 24.4. The van der Waals surface area contributed by atoms with Crippen LogP contribution >= 0.6 is 0 Å². The molecule has 1 saturated heterocycles.